The Kier molecular flexibility index (Phi) is 7.15. The molecule has 3 nitrogen and oxygen atoms in total. The number of benzene rings is 1. The zero-order chi connectivity index (χ0) is 16.7. The molecule has 1 heterocycles. The van der Waals surface area contributed by atoms with E-state index in [9.17, 15) is 4.39 Å². The van der Waals surface area contributed by atoms with Crippen molar-refractivity contribution in [2.75, 3.05) is 30.5 Å². The van der Waals surface area contributed by atoms with Gasteiger partial charge in [-0.05, 0) is 57.2 Å². The van der Waals surface area contributed by atoms with Crippen LogP contribution in [0.1, 0.15) is 50.5 Å². The fourth-order valence-electron chi connectivity index (χ4n) is 3.11. The first-order valence-corrected chi connectivity index (χ1v) is 9.02. The number of hydrogen-bond acceptors (Lipinski definition) is 3. The number of rotatable bonds is 7. The van der Waals surface area contributed by atoms with Crippen LogP contribution in [0.4, 0.5) is 10.1 Å². The summed E-state index contributed by atoms with van der Waals surface area (Å²) in [5, 5.41) is 8.13. The average molecular weight is 341 g/mol. The molecule has 1 aliphatic heterocycles. The summed E-state index contributed by atoms with van der Waals surface area (Å²) in [6.07, 6.45) is 4.98. The number of piperidine rings is 1. The first-order chi connectivity index (χ1) is 11.2. The van der Waals surface area contributed by atoms with Gasteiger partial charge < -0.3 is 9.64 Å². The number of ether oxygens (including phenoxy) is 1. The molecule has 0 radical (unpaired) electrons. The number of hydrogen-bond donors (Lipinski definition) is 1. The van der Waals surface area contributed by atoms with Crippen LogP contribution in [-0.4, -0.2) is 31.5 Å². The highest BCUT2D eigenvalue weighted by Gasteiger charge is 2.23. The van der Waals surface area contributed by atoms with Gasteiger partial charge in [-0.1, -0.05) is 0 Å². The summed E-state index contributed by atoms with van der Waals surface area (Å²) in [4.78, 5) is 2.30. The molecular formula is C18H26ClFN2O. The van der Waals surface area contributed by atoms with E-state index in [1.165, 1.54) is 25.3 Å². The molecule has 0 aliphatic carbocycles. The molecule has 1 fully saturated rings. The second-order valence-electron chi connectivity index (χ2n) is 5.93. The van der Waals surface area contributed by atoms with Crippen LogP contribution >= 0.6 is 11.6 Å². The molecule has 0 aromatic heterocycles. The van der Waals surface area contributed by atoms with E-state index in [-0.39, 0.29) is 17.6 Å². The number of nitrogens with one attached hydrogen (secondary N) is 1. The van der Waals surface area contributed by atoms with E-state index < -0.39 is 0 Å². The molecule has 1 atom stereocenters. The largest absolute Gasteiger partial charge is 0.481 e. The third kappa shape index (κ3) is 4.84. The van der Waals surface area contributed by atoms with Crippen molar-refractivity contribution < 1.29 is 9.13 Å². The van der Waals surface area contributed by atoms with Gasteiger partial charge in [0.1, 0.15) is 5.82 Å². The van der Waals surface area contributed by atoms with E-state index in [1.54, 1.807) is 0 Å². The fraction of sp³-hybridized carbons (Fsp3) is 0.611. The quantitative estimate of drug-likeness (QED) is 0.434. The third-order valence-electron chi connectivity index (χ3n) is 4.32. The molecule has 1 aromatic carbocycles. The molecule has 1 aliphatic rings. The van der Waals surface area contributed by atoms with Crippen LogP contribution in [0.5, 0.6) is 0 Å². The number of anilines is 1. The van der Waals surface area contributed by atoms with Crippen LogP contribution in [0.25, 0.3) is 0 Å². The van der Waals surface area contributed by atoms with E-state index in [1.807, 2.05) is 19.1 Å². The van der Waals surface area contributed by atoms with Crippen LogP contribution in [0.2, 0.25) is 0 Å². The van der Waals surface area contributed by atoms with E-state index in [4.69, 9.17) is 21.7 Å². The Hall–Kier alpha value is -1.29. The molecule has 0 saturated carbocycles. The molecule has 0 amide bonds. The van der Waals surface area contributed by atoms with Gasteiger partial charge in [-0.3, -0.25) is 5.41 Å². The molecule has 1 saturated heterocycles. The molecule has 1 aromatic rings. The minimum atomic E-state index is -0.363. The molecule has 128 valence electrons. The average Bonchev–Trinajstić information content (AvgIpc) is 2.57. The van der Waals surface area contributed by atoms with Crippen molar-refractivity contribution in [2.45, 2.75) is 44.9 Å². The lowest BCUT2D eigenvalue weighted by Gasteiger charge is -2.30. The fourth-order valence-corrected chi connectivity index (χ4v) is 3.27. The second-order valence-corrected chi connectivity index (χ2v) is 6.31. The predicted octanol–water partition coefficient (Wildman–Crippen LogP) is 4.93. The van der Waals surface area contributed by atoms with Gasteiger partial charge in [0, 0.05) is 30.2 Å². The summed E-state index contributed by atoms with van der Waals surface area (Å²) in [5.41, 5.74) is 1.60. The van der Waals surface area contributed by atoms with Crippen molar-refractivity contribution in [3.05, 3.63) is 29.6 Å². The van der Waals surface area contributed by atoms with Gasteiger partial charge in [0.2, 0.25) is 0 Å². The molecule has 0 bridgehead atoms. The zero-order valence-electron chi connectivity index (χ0n) is 13.8. The Labute approximate surface area is 143 Å². The van der Waals surface area contributed by atoms with Gasteiger partial charge in [-0.25, -0.2) is 4.39 Å². The SMILES string of the molecule is CCOC(=N)C(CCCCl)c1cc(N2CCCCC2)ccc1F. The zero-order valence-corrected chi connectivity index (χ0v) is 14.5. The normalized spacial score (nSPS) is 16.2. The molecule has 1 N–H and O–H groups in total. The molecular weight excluding hydrogens is 315 g/mol. The monoisotopic (exact) mass is 340 g/mol. The van der Waals surface area contributed by atoms with E-state index in [0.29, 0.717) is 24.5 Å². The summed E-state index contributed by atoms with van der Waals surface area (Å²) in [6, 6.07) is 5.26. The highest BCUT2D eigenvalue weighted by atomic mass is 35.5. The maximum absolute atomic E-state index is 14.4. The van der Waals surface area contributed by atoms with E-state index in [0.717, 1.165) is 25.2 Å². The van der Waals surface area contributed by atoms with Crippen molar-refractivity contribution in [3.63, 3.8) is 0 Å². The lowest BCUT2D eigenvalue weighted by molar-refractivity contribution is 0.304. The number of nitrogens with zero attached hydrogens (tertiary/aromatic N) is 1. The smallest absolute Gasteiger partial charge is 0.188 e. The van der Waals surface area contributed by atoms with Gasteiger partial charge in [0.05, 0.1) is 12.5 Å². The van der Waals surface area contributed by atoms with Crippen molar-refractivity contribution >= 4 is 23.2 Å². The third-order valence-corrected chi connectivity index (χ3v) is 4.59. The number of halogens is 2. The highest BCUT2D eigenvalue weighted by molar-refractivity contribution is 6.17. The Bertz CT molecular complexity index is 518. The molecule has 1 unspecified atom stereocenters. The minimum Gasteiger partial charge on any atom is -0.481 e. The molecule has 0 spiro atoms. The van der Waals surface area contributed by atoms with Crippen molar-refractivity contribution in [1.29, 1.82) is 5.41 Å². The van der Waals surface area contributed by atoms with E-state index in [2.05, 4.69) is 4.90 Å². The second kappa shape index (κ2) is 9.11. The Morgan fingerprint density at radius 1 is 1.35 bits per heavy atom. The first-order valence-electron chi connectivity index (χ1n) is 8.49. The van der Waals surface area contributed by atoms with Crippen molar-refractivity contribution in [2.24, 2.45) is 0 Å². The number of alkyl halides is 1. The predicted molar refractivity (Wildman–Crippen MR) is 94.5 cm³/mol. The maximum atomic E-state index is 14.4. The summed E-state index contributed by atoms with van der Waals surface area (Å²) in [7, 11) is 0. The van der Waals surface area contributed by atoms with Crippen LogP contribution < -0.4 is 4.90 Å². The topological polar surface area (TPSA) is 36.3 Å². The van der Waals surface area contributed by atoms with Crippen LogP contribution in [-0.2, 0) is 4.74 Å². The summed E-state index contributed by atoms with van der Waals surface area (Å²) < 4.78 is 19.8. The minimum absolute atomic E-state index is 0.132. The molecule has 5 heteroatoms. The maximum Gasteiger partial charge on any atom is 0.188 e. The van der Waals surface area contributed by atoms with Crippen molar-refractivity contribution in [1.82, 2.24) is 0 Å². The first kappa shape index (κ1) is 18.1. The Morgan fingerprint density at radius 2 is 2.09 bits per heavy atom. The lowest BCUT2D eigenvalue weighted by Crippen LogP contribution is -2.29. The Morgan fingerprint density at radius 3 is 2.74 bits per heavy atom. The van der Waals surface area contributed by atoms with Crippen LogP contribution in [0, 0.1) is 11.2 Å². The van der Waals surface area contributed by atoms with Crippen molar-refractivity contribution in [3.8, 4) is 0 Å². The lowest BCUT2D eigenvalue weighted by atomic mass is 9.93. The summed E-state index contributed by atoms with van der Waals surface area (Å²) in [5.74, 6) is 0.00381. The Balaban J connectivity index is 2.26. The van der Waals surface area contributed by atoms with Gasteiger partial charge in [0.25, 0.3) is 0 Å². The van der Waals surface area contributed by atoms with Gasteiger partial charge in [0.15, 0.2) is 5.90 Å². The summed E-state index contributed by atoms with van der Waals surface area (Å²) >= 11 is 5.79. The molecule has 2 rings (SSSR count). The van der Waals surface area contributed by atoms with Gasteiger partial charge >= 0.3 is 0 Å². The summed E-state index contributed by atoms with van der Waals surface area (Å²) in [6.45, 7) is 4.29. The highest BCUT2D eigenvalue weighted by Crippen LogP contribution is 2.30. The molecule has 23 heavy (non-hydrogen) atoms. The van der Waals surface area contributed by atoms with Crippen LogP contribution in [0.3, 0.4) is 0 Å². The van der Waals surface area contributed by atoms with E-state index >= 15 is 0 Å². The van der Waals surface area contributed by atoms with Gasteiger partial charge in [-0.15, -0.1) is 11.6 Å². The van der Waals surface area contributed by atoms with Crippen LogP contribution in [0.15, 0.2) is 18.2 Å². The van der Waals surface area contributed by atoms with Gasteiger partial charge in [-0.2, -0.15) is 0 Å². The standard InChI is InChI=1S/C18H26ClFN2O/c1-2-23-18(21)15(7-6-10-19)16-13-14(8-9-17(16)20)22-11-4-3-5-12-22/h8-9,13,15,21H,2-7,10-12H2,1H3.